The Balaban J connectivity index is 1.87. The van der Waals surface area contributed by atoms with Crippen molar-refractivity contribution in [3.05, 3.63) is 52.6 Å². The van der Waals surface area contributed by atoms with Gasteiger partial charge < -0.3 is 10.3 Å². The Kier molecular flexibility index (Phi) is 3.79. The first-order valence-electron chi connectivity index (χ1n) is 7.53. The molecule has 2 aromatic rings. The molecule has 114 valence electrons. The summed E-state index contributed by atoms with van der Waals surface area (Å²) in [6.07, 6.45) is 5.62. The first-order chi connectivity index (χ1) is 10.6. The number of hydrogen-bond donors (Lipinski definition) is 2. The van der Waals surface area contributed by atoms with Crippen molar-refractivity contribution in [2.75, 3.05) is 0 Å². The molecule has 0 unspecified atom stereocenters. The number of carbonyl (C=O) groups is 2. The summed E-state index contributed by atoms with van der Waals surface area (Å²) in [6.45, 7) is 3.75. The molecule has 22 heavy (non-hydrogen) atoms. The molecule has 0 bridgehead atoms. The quantitative estimate of drug-likeness (QED) is 0.914. The lowest BCUT2D eigenvalue weighted by Crippen LogP contribution is -2.28. The average molecular weight is 297 g/mol. The van der Waals surface area contributed by atoms with Gasteiger partial charge in [0.1, 0.15) is 0 Å². The summed E-state index contributed by atoms with van der Waals surface area (Å²) < 4.78 is 0. The number of pyridine rings is 1. The second-order valence-corrected chi connectivity index (χ2v) is 5.74. The maximum atomic E-state index is 12.6. The Morgan fingerprint density at radius 1 is 1.41 bits per heavy atom. The number of aromatic nitrogens is 2. The number of hydrogen-bond acceptors (Lipinski definition) is 3. The number of ketones is 1. The molecule has 2 N–H and O–H groups in total. The Morgan fingerprint density at radius 3 is 2.95 bits per heavy atom. The van der Waals surface area contributed by atoms with Crippen LogP contribution in [0.1, 0.15) is 63.5 Å². The van der Waals surface area contributed by atoms with Gasteiger partial charge in [-0.15, -0.1) is 0 Å². The largest absolute Gasteiger partial charge is 0.361 e. The fraction of sp³-hybridized carbons (Fsp3) is 0.353. The van der Waals surface area contributed by atoms with Crippen molar-refractivity contribution in [1.29, 1.82) is 0 Å². The monoisotopic (exact) mass is 297 g/mol. The van der Waals surface area contributed by atoms with Crippen molar-refractivity contribution in [3.8, 4) is 0 Å². The van der Waals surface area contributed by atoms with Crippen LogP contribution >= 0.6 is 0 Å². The van der Waals surface area contributed by atoms with Gasteiger partial charge in [-0.1, -0.05) is 6.07 Å². The van der Waals surface area contributed by atoms with Crippen LogP contribution in [0.15, 0.2) is 24.5 Å². The van der Waals surface area contributed by atoms with Gasteiger partial charge in [-0.05, 0) is 38.3 Å². The van der Waals surface area contributed by atoms with E-state index in [9.17, 15) is 9.59 Å². The lowest BCUT2D eigenvalue weighted by atomic mass is 9.93. The topological polar surface area (TPSA) is 74.8 Å². The van der Waals surface area contributed by atoms with E-state index in [0.29, 0.717) is 17.5 Å². The maximum absolute atomic E-state index is 12.6. The van der Waals surface area contributed by atoms with E-state index < -0.39 is 0 Å². The molecule has 3 rings (SSSR count). The first-order valence-corrected chi connectivity index (χ1v) is 7.53. The number of aromatic amines is 1. The highest BCUT2D eigenvalue weighted by atomic mass is 16.2. The van der Waals surface area contributed by atoms with Gasteiger partial charge in [0.25, 0.3) is 5.91 Å². The number of Topliss-reactive ketones (excluding diaryl/α,β-unsaturated/α-hetero) is 1. The molecule has 0 radical (unpaired) electrons. The van der Waals surface area contributed by atoms with E-state index in [1.54, 1.807) is 12.4 Å². The molecule has 2 aromatic heterocycles. The predicted octanol–water partition coefficient (Wildman–Crippen LogP) is 2.73. The Labute approximate surface area is 129 Å². The normalized spacial score (nSPS) is 15.3. The number of carbonyl (C=O) groups excluding carboxylic acids is 2. The van der Waals surface area contributed by atoms with Crippen molar-refractivity contribution in [2.24, 2.45) is 0 Å². The van der Waals surface area contributed by atoms with Crippen molar-refractivity contribution >= 4 is 11.7 Å². The molecule has 1 amide bonds. The molecule has 0 fully saturated rings. The average Bonchev–Trinajstić information content (AvgIpc) is 2.85. The molecule has 5 heteroatoms. The van der Waals surface area contributed by atoms with Crippen LogP contribution in [0.2, 0.25) is 0 Å². The van der Waals surface area contributed by atoms with E-state index in [1.165, 1.54) is 0 Å². The van der Waals surface area contributed by atoms with E-state index in [-0.39, 0.29) is 17.7 Å². The van der Waals surface area contributed by atoms with Crippen LogP contribution in [-0.2, 0) is 6.42 Å². The van der Waals surface area contributed by atoms with Gasteiger partial charge in [0, 0.05) is 30.2 Å². The SMILES string of the molecule is Cc1[nH]c2c(c1C(=O)N[C@@H](C)c1cccnc1)C(=O)CCC2. The molecule has 0 aliphatic heterocycles. The molecule has 1 atom stereocenters. The van der Waals surface area contributed by atoms with Crippen LogP contribution in [0.5, 0.6) is 0 Å². The molecule has 1 aliphatic rings. The zero-order valence-corrected chi connectivity index (χ0v) is 12.8. The smallest absolute Gasteiger partial charge is 0.254 e. The number of H-pyrrole nitrogens is 1. The molecule has 0 aromatic carbocycles. The lowest BCUT2D eigenvalue weighted by Gasteiger charge is -2.16. The molecule has 0 spiro atoms. The third kappa shape index (κ3) is 2.54. The summed E-state index contributed by atoms with van der Waals surface area (Å²) in [5.41, 5.74) is 3.67. The molecular weight excluding hydrogens is 278 g/mol. The summed E-state index contributed by atoms with van der Waals surface area (Å²) in [7, 11) is 0. The highest BCUT2D eigenvalue weighted by molar-refractivity contribution is 6.10. The minimum Gasteiger partial charge on any atom is -0.361 e. The van der Waals surface area contributed by atoms with Crippen molar-refractivity contribution in [2.45, 2.75) is 39.2 Å². The Hall–Kier alpha value is -2.43. The van der Waals surface area contributed by atoms with E-state index in [2.05, 4.69) is 15.3 Å². The van der Waals surface area contributed by atoms with Crippen LogP contribution < -0.4 is 5.32 Å². The number of nitrogens with one attached hydrogen (secondary N) is 2. The molecule has 5 nitrogen and oxygen atoms in total. The van der Waals surface area contributed by atoms with Gasteiger partial charge >= 0.3 is 0 Å². The number of fused-ring (bicyclic) bond motifs is 1. The molecule has 0 saturated carbocycles. The van der Waals surface area contributed by atoms with Crippen LogP contribution in [0.3, 0.4) is 0 Å². The summed E-state index contributed by atoms with van der Waals surface area (Å²) in [6, 6.07) is 3.60. The van der Waals surface area contributed by atoms with Crippen molar-refractivity contribution in [3.63, 3.8) is 0 Å². The Bertz CT molecular complexity index is 719. The van der Waals surface area contributed by atoms with Crippen molar-refractivity contribution in [1.82, 2.24) is 15.3 Å². The first kappa shape index (κ1) is 14.5. The van der Waals surface area contributed by atoms with Gasteiger partial charge in [-0.3, -0.25) is 14.6 Å². The van der Waals surface area contributed by atoms with Gasteiger partial charge in [-0.25, -0.2) is 0 Å². The minimum atomic E-state index is -0.207. The highest BCUT2D eigenvalue weighted by Crippen LogP contribution is 2.27. The zero-order valence-electron chi connectivity index (χ0n) is 12.8. The third-order valence-electron chi connectivity index (χ3n) is 4.13. The molecular formula is C17H19N3O2. The van der Waals surface area contributed by atoms with Gasteiger partial charge in [-0.2, -0.15) is 0 Å². The number of nitrogens with zero attached hydrogens (tertiary/aromatic N) is 1. The van der Waals surface area contributed by atoms with Crippen LogP contribution in [-0.4, -0.2) is 21.7 Å². The fourth-order valence-corrected chi connectivity index (χ4v) is 3.00. The number of amides is 1. The van der Waals surface area contributed by atoms with Crippen LogP contribution in [0.4, 0.5) is 0 Å². The van der Waals surface area contributed by atoms with Crippen LogP contribution in [0.25, 0.3) is 0 Å². The van der Waals surface area contributed by atoms with Gasteiger partial charge in [0.15, 0.2) is 5.78 Å². The van der Waals surface area contributed by atoms with E-state index >= 15 is 0 Å². The van der Waals surface area contributed by atoms with Gasteiger partial charge in [0.05, 0.1) is 17.2 Å². The molecule has 0 saturated heterocycles. The second kappa shape index (κ2) is 5.75. The molecule has 1 aliphatic carbocycles. The number of rotatable bonds is 3. The minimum absolute atomic E-state index is 0.0600. The van der Waals surface area contributed by atoms with E-state index in [4.69, 9.17) is 0 Å². The standard InChI is InChI=1S/C17H19N3O2/c1-10(12-5-4-8-18-9-12)20-17(22)15-11(2)19-13-6-3-7-14(21)16(13)15/h4-5,8-10,19H,3,6-7H2,1-2H3,(H,20,22)/t10-/m0/s1. The van der Waals surface area contributed by atoms with Crippen molar-refractivity contribution < 1.29 is 9.59 Å². The van der Waals surface area contributed by atoms with E-state index in [1.807, 2.05) is 26.0 Å². The maximum Gasteiger partial charge on any atom is 0.254 e. The summed E-state index contributed by atoms with van der Waals surface area (Å²) in [5, 5.41) is 2.96. The third-order valence-corrected chi connectivity index (χ3v) is 4.13. The highest BCUT2D eigenvalue weighted by Gasteiger charge is 2.28. The predicted molar refractivity (Wildman–Crippen MR) is 82.9 cm³/mol. The summed E-state index contributed by atoms with van der Waals surface area (Å²) in [4.78, 5) is 32.1. The lowest BCUT2D eigenvalue weighted by molar-refractivity contribution is 0.0918. The fourth-order valence-electron chi connectivity index (χ4n) is 3.00. The Morgan fingerprint density at radius 2 is 2.23 bits per heavy atom. The molecule has 2 heterocycles. The number of aryl methyl sites for hydroxylation is 2. The van der Waals surface area contributed by atoms with Crippen LogP contribution in [0, 0.1) is 6.92 Å². The van der Waals surface area contributed by atoms with Gasteiger partial charge in [0.2, 0.25) is 0 Å². The zero-order chi connectivity index (χ0) is 15.7. The summed E-state index contributed by atoms with van der Waals surface area (Å²) in [5.74, 6) is -0.147. The second-order valence-electron chi connectivity index (χ2n) is 5.74. The summed E-state index contributed by atoms with van der Waals surface area (Å²) >= 11 is 0. The van der Waals surface area contributed by atoms with E-state index in [0.717, 1.165) is 29.8 Å².